The Hall–Kier alpha value is -3.52. The number of aromatic nitrogens is 4. The molecule has 1 saturated carbocycles. The van der Waals surface area contributed by atoms with Crippen molar-refractivity contribution in [3.63, 3.8) is 0 Å². The van der Waals surface area contributed by atoms with Crippen molar-refractivity contribution in [1.82, 2.24) is 19.5 Å². The zero-order valence-corrected chi connectivity index (χ0v) is 17.8. The lowest BCUT2D eigenvalue weighted by Gasteiger charge is -2.28. The molecule has 0 bridgehead atoms. The number of halogens is 1. The van der Waals surface area contributed by atoms with E-state index < -0.39 is 0 Å². The van der Waals surface area contributed by atoms with E-state index in [-0.39, 0.29) is 18.0 Å². The van der Waals surface area contributed by atoms with Gasteiger partial charge in [0.1, 0.15) is 11.3 Å². The summed E-state index contributed by atoms with van der Waals surface area (Å²) in [4.78, 5) is 13.8. The molecule has 0 atom stereocenters. The van der Waals surface area contributed by atoms with Crippen LogP contribution in [0, 0.1) is 12.7 Å². The van der Waals surface area contributed by atoms with Gasteiger partial charge in [-0.2, -0.15) is 4.98 Å². The first-order valence-corrected chi connectivity index (χ1v) is 10.8. The summed E-state index contributed by atoms with van der Waals surface area (Å²) in [6, 6.07) is 14.6. The average molecular weight is 433 g/mol. The number of aliphatic hydroxyl groups excluding tert-OH is 1. The molecule has 1 aliphatic rings. The molecule has 164 valence electrons. The zero-order valence-electron chi connectivity index (χ0n) is 17.8. The number of aryl methyl sites for hydroxylation is 1. The first-order valence-electron chi connectivity index (χ1n) is 10.8. The maximum atomic E-state index is 14.3. The normalized spacial score (nSPS) is 18.6. The maximum Gasteiger partial charge on any atom is 0.229 e. The second kappa shape index (κ2) is 8.55. The van der Waals surface area contributed by atoms with Crippen LogP contribution in [0.4, 0.5) is 27.7 Å². The van der Waals surface area contributed by atoms with E-state index in [1.54, 1.807) is 24.4 Å². The molecular weight excluding hydrogens is 407 g/mol. The number of benzene rings is 2. The second-order valence-corrected chi connectivity index (χ2v) is 8.27. The number of hydrogen-bond donors (Lipinski definition) is 3. The van der Waals surface area contributed by atoms with Crippen LogP contribution in [0.1, 0.15) is 37.3 Å². The van der Waals surface area contributed by atoms with E-state index in [1.807, 2.05) is 35.8 Å². The van der Waals surface area contributed by atoms with Gasteiger partial charge in [0.15, 0.2) is 5.65 Å². The molecule has 0 amide bonds. The van der Waals surface area contributed by atoms with E-state index in [9.17, 15) is 9.50 Å². The van der Waals surface area contributed by atoms with Gasteiger partial charge in [-0.25, -0.2) is 14.4 Å². The van der Waals surface area contributed by atoms with Gasteiger partial charge in [-0.3, -0.25) is 4.57 Å². The summed E-state index contributed by atoms with van der Waals surface area (Å²) in [6.45, 7) is 2.04. The van der Waals surface area contributed by atoms with Crippen LogP contribution >= 0.6 is 0 Å². The average Bonchev–Trinajstić information content (AvgIpc) is 3.15. The van der Waals surface area contributed by atoms with E-state index >= 15 is 0 Å². The fraction of sp³-hybridized carbons (Fsp3) is 0.292. The Kier molecular flexibility index (Phi) is 5.45. The van der Waals surface area contributed by atoms with Crippen LogP contribution in [0.5, 0.6) is 0 Å². The van der Waals surface area contributed by atoms with Crippen molar-refractivity contribution in [3.05, 3.63) is 66.1 Å². The molecule has 1 fully saturated rings. The van der Waals surface area contributed by atoms with Gasteiger partial charge in [0.25, 0.3) is 0 Å². The highest BCUT2D eigenvalue weighted by Crippen LogP contribution is 2.35. The Morgan fingerprint density at radius 2 is 1.72 bits per heavy atom. The van der Waals surface area contributed by atoms with Crippen molar-refractivity contribution in [2.45, 2.75) is 44.8 Å². The molecule has 32 heavy (non-hydrogen) atoms. The third kappa shape index (κ3) is 4.13. The second-order valence-electron chi connectivity index (χ2n) is 8.27. The van der Waals surface area contributed by atoms with Crippen LogP contribution in [-0.4, -0.2) is 30.7 Å². The molecule has 0 unspecified atom stereocenters. The minimum atomic E-state index is -0.349. The van der Waals surface area contributed by atoms with Gasteiger partial charge < -0.3 is 15.7 Å². The minimum Gasteiger partial charge on any atom is -0.393 e. The van der Waals surface area contributed by atoms with Gasteiger partial charge in [-0.15, -0.1) is 0 Å². The van der Waals surface area contributed by atoms with Gasteiger partial charge >= 0.3 is 0 Å². The molecule has 2 aromatic carbocycles. The first-order chi connectivity index (χ1) is 15.6. The van der Waals surface area contributed by atoms with Crippen LogP contribution in [0.3, 0.4) is 0 Å². The van der Waals surface area contributed by atoms with Crippen LogP contribution in [0.2, 0.25) is 0 Å². The third-order valence-electron chi connectivity index (χ3n) is 5.89. The fourth-order valence-electron chi connectivity index (χ4n) is 4.15. The summed E-state index contributed by atoms with van der Waals surface area (Å²) in [5.74, 6) is 0.641. The molecule has 8 heteroatoms. The van der Waals surface area contributed by atoms with Crippen molar-refractivity contribution in [1.29, 1.82) is 0 Å². The zero-order chi connectivity index (χ0) is 22.1. The molecular formula is C24H25FN6O. The standard InChI is InChI=1S/C24H25FN6O/c1-15-6-8-16(9-7-15)27-23-26-14-21-22(30-23)31(17-10-12-18(32)13-11-17)24(29-21)28-20-5-3-2-4-19(20)25/h2-9,14,17-18,32H,10-13H2,1H3,(H,28,29)(H,26,27,30)/t17-,18-. The summed E-state index contributed by atoms with van der Waals surface area (Å²) < 4.78 is 16.3. The molecule has 4 aromatic rings. The van der Waals surface area contributed by atoms with Crippen molar-refractivity contribution < 1.29 is 9.50 Å². The van der Waals surface area contributed by atoms with Crippen molar-refractivity contribution in [3.8, 4) is 0 Å². The van der Waals surface area contributed by atoms with Crippen LogP contribution in [0.15, 0.2) is 54.7 Å². The Bertz CT molecular complexity index is 1230. The summed E-state index contributed by atoms with van der Waals surface area (Å²) >= 11 is 0. The summed E-state index contributed by atoms with van der Waals surface area (Å²) in [7, 11) is 0. The number of imidazole rings is 1. The Morgan fingerprint density at radius 3 is 2.47 bits per heavy atom. The van der Waals surface area contributed by atoms with Crippen molar-refractivity contribution >= 4 is 34.4 Å². The molecule has 0 spiro atoms. The molecule has 0 radical (unpaired) electrons. The van der Waals surface area contributed by atoms with Gasteiger partial charge in [0.05, 0.1) is 18.0 Å². The topological polar surface area (TPSA) is 87.9 Å². The predicted molar refractivity (Wildman–Crippen MR) is 123 cm³/mol. The highest BCUT2D eigenvalue weighted by molar-refractivity contribution is 5.77. The summed E-state index contributed by atoms with van der Waals surface area (Å²) in [6.07, 6.45) is 4.41. The molecule has 2 heterocycles. The molecule has 3 N–H and O–H groups in total. The van der Waals surface area contributed by atoms with E-state index in [0.29, 0.717) is 41.6 Å². The number of hydrogen-bond acceptors (Lipinski definition) is 6. The third-order valence-corrected chi connectivity index (χ3v) is 5.89. The highest BCUT2D eigenvalue weighted by atomic mass is 19.1. The molecule has 0 saturated heterocycles. The fourth-order valence-corrected chi connectivity index (χ4v) is 4.15. The number of nitrogens with one attached hydrogen (secondary N) is 2. The van der Waals surface area contributed by atoms with Crippen molar-refractivity contribution in [2.24, 2.45) is 0 Å². The Morgan fingerprint density at radius 1 is 0.969 bits per heavy atom. The van der Waals surface area contributed by atoms with Crippen LogP contribution in [-0.2, 0) is 0 Å². The SMILES string of the molecule is Cc1ccc(Nc2ncc3nc(Nc4ccccc4F)n([C@H]4CC[C@H](O)CC4)c3n2)cc1. The van der Waals surface area contributed by atoms with Crippen LogP contribution in [0.25, 0.3) is 11.2 Å². The lowest BCUT2D eigenvalue weighted by atomic mass is 9.93. The van der Waals surface area contributed by atoms with Crippen molar-refractivity contribution in [2.75, 3.05) is 10.6 Å². The van der Waals surface area contributed by atoms with E-state index in [4.69, 9.17) is 4.98 Å². The number of fused-ring (bicyclic) bond motifs is 1. The number of nitrogens with zero attached hydrogens (tertiary/aromatic N) is 4. The monoisotopic (exact) mass is 432 g/mol. The Labute approximate surface area is 185 Å². The molecule has 2 aromatic heterocycles. The number of para-hydroxylation sites is 1. The van der Waals surface area contributed by atoms with Gasteiger partial charge in [0.2, 0.25) is 11.9 Å². The van der Waals surface area contributed by atoms with E-state index in [2.05, 4.69) is 20.6 Å². The number of anilines is 4. The van der Waals surface area contributed by atoms with E-state index in [1.165, 1.54) is 11.6 Å². The van der Waals surface area contributed by atoms with Gasteiger partial charge in [-0.05, 0) is 56.9 Å². The number of aliphatic hydroxyl groups is 1. The molecule has 5 rings (SSSR count). The highest BCUT2D eigenvalue weighted by Gasteiger charge is 2.26. The van der Waals surface area contributed by atoms with E-state index in [0.717, 1.165) is 18.5 Å². The van der Waals surface area contributed by atoms with Gasteiger partial charge in [0, 0.05) is 11.7 Å². The molecule has 7 nitrogen and oxygen atoms in total. The Balaban J connectivity index is 1.55. The summed E-state index contributed by atoms with van der Waals surface area (Å²) in [5, 5.41) is 16.4. The molecule has 0 aliphatic heterocycles. The van der Waals surface area contributed by atoms with Crippen LogP contribution < -0.4 is 10.6 Å². The lowest BCUT2D eigenvalue weighted by molar-refractivity contribution is 0.112. The molecule has 1 aliphatic carbocycles. The number of rotatable bonds is 5. The lowest BCUT2D eigenvalue weighted by Crippen LogP contribution is -2.22. The van der Waals surface area contributed by atoms with Gasteiger partial charge in [-0.1, -0.05) is 29.8 Å². The summed E-state index contributed by atoms with van der Waals surface area (Å²) in [5.41, 5.74) is 3.73. The smallest absolute Gasteiger partial charge is 0.229 e. The first kappa shape index (κ1) is 20.4. The predicted octanol–water partition coefficient (Wildman–Crippen LogP) is 5.24. The quantitative estimate of drug-likeness (QED) is 0.400. The largest absolute Gasteiger partial charge is 0.393 e. The minimum absolute atomic E-state index is 0.0970. The maximum absolute atomic E-state index is 14.3.